The number of methoxy groups -OCH3 is 2. The molecule has 0 aliphatic rings. The number of nitrogens with one attached hydrogen (secondary N) is 2. The second-order valence-corrected chi connectivity index (χ2v) is 6.22. The van der Waals surface area contributed by atoms with E-state index < -0.39 is 0 Å². The van der Waals surface area contributed by atoms with Gasteiger partial charge in [0.1, 0.15) is 28.8 Å². The lowest BCUT2D eigenvalue weighted by molar-refractivity contribution is 0.102. The van der Waals surface area contributed by atoms with Gasteiger partial charge in [0.25, 0.3) is 5.91 Å². The van der Waals surface area contributed by atoms with Gasteiger partial charge in [-0.05, 0) is 37.3 Å². The largest absolute Gasteiger partial charge is 0.495 e. The van der Waals surface area contributed by atoms with E-state index >= 15 is 0 Å². The van der Waals surface area contributed by atoms with E-state index in [1.807, 2.05) is 12.1 Å². The molecule has 2 aromatic carbocycles. The molecule has 7 nitrogen and oxygen atoms in total. The summed E-state index contributed by atoms with van der Waals surface area (Å²) in [6, 6.07) is 14.0. The second kappa shape index (κ2) is 8.58. The summed E-state index contributed by atoms with van der Waals surface area (Å²) >= 11 is 6.15. The van der Waals surface area contributed by atoms with E-state index in [1.165, 1.54) is 0 Å². The number of hydrogen-bond donors (Lipinski definition) is 2. The molecular formula is C20H19ClN4O3. The molecule has 0 aliphatic carbocycles. The number of carbonyl (C=O) groups excluding carboxylic acids is 1. The number of hydrogen-bond acceptors (Lipinski definition) is 6. The first kappa shape index (κ1) is 19.4. The zero-order valence-corrected chi connectivity index (χ0v) is 16.4. The van der Waals surface area contributed by atoms with Crippen LogP contribution in [0, 0.1) is 6.92 Å². The summed E-state index contributed by atoms with van der Waals surface area (Å²) in [4.78, 5) is 21.2. The van der Waals surface area contributed by atoms with Crippen LogP contribution in [0.3, 0.4) is 0 Å². The van der Waals surface area contributed by atoms with E-state index in [4.69, 9.17) is 21.1 Å². The van der Waals surface area contributed by atoms with E-state index in [2.05, 4.69) is 20.6 Å². The van der Waals surface area contributed by atoms with Crippen LogP contribution >= 0.6 is 11.6 Å². The maximum atomic E-state index is 12.7. The van der Waals surface area contributed by atoms with Crippen molar-refractivity contribution in [2.45, 2.75) is 6.92 Å². The van der Waals surface area contributed by atoms with Crippen molar-refractivity contribution < 1.29 is 14.3 Å². The standard InChI is InChI=1S/C20H19ClN4O3/c1-12-22-16(20(26)25-15-6-4-5-7-18(15)28-3)11-19(23-12)24-13-8-9-17(27-2)14(21)10-13/h4-11H,1-3H3,(H,25,26)(H,22,23,24). The van der Waals surface area contributed by atoms with E-state index in [1.54, 1.807) is 57.5 Å². The molecule has 0 saturated carbocycles. The fourth-order valence-electron chi connectivity index (χ4n) is 2.57. The molecule has 1 heterocycles. The number of aryl methyl sites for hydroxylation is 1. The maximum absolute atomic E-state index is 12.7. The van der Waals surface area contributed by atoms with Crippen LogP contribution in [-0.2, 0) is 0 Å². The first-order valence-electron chi connectivity index (χ1n) is 8.41. The number of benzene rings is 2. The Kier molecular flexibility index (Phi) is 5.96. The van der Waals surface area contributed by atoms with E-state index in [0.29, 0.717) is 39.5 Å². The number of anilines is 3. The Morgan fingerprint density at radius 1 is 1.00 bits per heavy atom. The molecule has 1 aromatic heterocycles. The smallest absolute Gasteiger partial charge is 0.274 e. The Balaban J connectivity index is 1.83. The number of aromatic nitrogens is 2. The minimum absolute atomic E-state index is 0.223. The van der Waals surface area contributed by atoms with Crippen LogP contribution in [0.15, 0.2) is 48.5 Å². The Hall–Kier alpha value is -3.32. The third-order valence-electron chi connectivity index (χ3n) is 3.85. The maximum Gasteiger partial charge on any atom is 0.274 e. The fraction of sp³-hybridized carbons (Fsp3) is 0.150. The minimum atomic E-state index is -0.370. The molecular weight excluding hydrogens is 380 g/mol. The van der Waals surface area contributed by atoms with Gasteiger partial charge >= 0.3 is 0 Å². The van der Waals surface area contributed by atoms with Crippen molar-refractivity contribution in [1.29, 1.82) is 0 Å². The highest BCUT2D eigenvalue weighted by Crippen LogP contribution is 2.29. The molecule has 1 amide bonds. The van der Waals surface area contributed by atoms with Gasteiger partial charge in [0.15, 0.2) is 0 Å². The lowest BCUT2D eigenvalue weighted by Gasteiger charge is -2.12. The summed E-state index contributed by atoms with van der Waals surface area (Å²) in [5, 5.41) is 6.39. The number of para-hydroxylation sites is 2. The normalized spacial score (nSPS) is 10.3. The monoisotopic (exact) mass is 398 g/mol. The highest BCUT2D eigenvalue weighted by Gasteiger charge is 2.13. The van der Waals surface area contributed by atoms with Crippen LogP contribution in [0.25, 0.3) is 0 Å². The van der Waals surface area contributed by atoms with Crippen LogP contribution in [-0.4, -0.2) is 30.1 Å². The van der Waals surface area contributed by atoms with Crippen LogP contribution in [0.2, 0.25) is 5.02 Å². The quantitative estimate of drug-likeness (QED) is 0.638. The summed E-state index contributed by atoms with van der Waals surface area (Å²) in [5.74, 6) is 1.69. The average Bonchev–Trinajstić information content (AvgIpc) is 2.68. The van der Waals surface area contributed by atoms with E-state index in [-0.39, 0.29) is 11.6 Å². The summed E-state index contributed by atoms with van der Waals surface area (Å²) in [5.41, 5.74) is 1.49. The SMILES string of the molecule is COc1ccc(Nc2cc(C(=O)Nc3ccccc3OC)nc(C)n2)cc1Cl. The van der Waals surface area contributed by atoms with Gasteiger partial charge in [-0.3, -0.25) is 4.79 Å². The van der Waals surface area contributed by atoms with Crippen LogP contribution in [0.1, 0.15) is 16.3 Å². The van der Waals surface area contributed by atoms with Crippen LogP contribution in [0.5, 0.6) is 11.5 Å². The van der Waals surface area contributed by atoms with Gasteiger partial charge in [0, 0.05) is 11.8 Å². The van der Waals surface area contributed by atoms with Crippen LogP contribution in [0.4, 0.5) is 17.2 Å². The Morgan fingerprint density at radius 3 is 2.46 bits per heavy atom. The van der Waals surface area contributed by atoms with Crippen molar-refractivity contribution >= 4 is 34.7 Å². The highest BCUT2D eigenvalue weighted by atomic mass is 35.5. The van der Waals surface area contributed by atoms with Gasteiger partial charge in [-0.25, -0.2) is 9.97 Å². The third kappa shape index (κ3) is 4.50. The molecule has 28 heavy (non-hydrogen) atoms. The highest BCUT2D eigenvalue weighted by molar-refractivity contribution is 6.32. The predicted molar refractivity (Wildman–Crippen MR) is 109 cm³/mol. The van der Waals surface area contributed by atoms with E-state index in [0.717, 1.165) is 0 Å². The first-order valence-corrected chi connectivity index (χ1v) is 8.78. The number of rotatable bonds is 6. The molecule has 0 spiro atoms. The Bertz CT molecular complexity index is 1010. The number of halogens is 1. The van der Waals surface area contributed by atoms with Crippen molar-refractivity contribution in [2.75, 3.05) is 24.9 Å². The molecule has 0 aliphatic heterocycles. The Morgan fingerprint density at radius 2 is 1.75 bits per heavy atom. The molecule has 0 unspecified atom stereocenters. The molecule has 0 saturated heterocycles. The molecule has 3 rings (SSSR count). The van der Waals surface area contributed by atoms with Gasteiger partial charge in [-0.1, -0.05) is 23.7 Å². The van der Waals surface area contributed by atoms with Gasteiger partial charge in [0.2, 0.25) is 0 Å². The predicted octanol–water partition coefficient (Wildman–Crippen LogP) is 4.45. The summed E-state index contributed by atoms with van der Waals surface area (Å²) in [6.07, 6.45) is 0. The van der Waals surface area contributed by atoms with Crippen LogP contribution < -0.4 is 20.1 Å². The van der Waals surface area contributed by atoms with Gasteiger partial charge in [-0.2, -0.15) is 0 Å². The first-order chi connectivity index (χ1) is 13.5. The van der Waals surface area contributed by atoms with E-state index in [9.17, 15) is 4.79 Å². The number of ether oxygens (including phenoxy) is 2. The molecule has 144 valence electrons. The number of carbonyl (C=O) groups is 1. The molecule has 0 fully saturated rings. The van der Waals surface area contributed by atoms with Gasteiger partial charge < -0.3 is 20.1 Å². The minimum Gasteiger partial charge on any atom is -0.495 e. The zero-order chi connectivity index (χ0) is 20.1. The molecule has 0 atom stereocenters. The second-order valence-electron chi connectivity index (χ2n) is 5.81. The van der Waals surface area contributed by atoms with Crippen molar-refractivity contribution in [1.82, 2.24) is 9.97 Å². The number of nitrogens with zero attached hydrogens (tertiary/aromatic N) is 2. The van der Waals surface area contributed by atoms with Crippen molar-refractivity contribution in [3.8, 4) is 11.5 Å². The molecule has 8 heteroatoms. The van der Waals surface area contributed by atoms with Gasteiger partial charge in [-0.15, -0.1) is 0 Å². The third-order valence-corrected chi connectivity index (χ3v) is 4.15. The fourth-order valence-corrected chi connectivity index (χ4v) is 2.83. The molecule has 0 bridgehead atoms. The Labute approximate surface area is 167 Å². The van der Waals surface area contributed by atoms with Crippen molar-refractivity contribution in [2.24, 2.45) is 0 Å². The summed E-state index contributed by atoms with van der Waals surface area (Å²) in [7, 11) is 3.09. The van der Waals surface area contributed by atoms with Gasteiger partial charge in [0.05, 0.1) is 24.9 Å². The lowest BCUT2D eigenvalue weighted by atomic mass is 10.2. The average molecular weight is 399 g/mol. The topological polar surface area (TPSA) is 85.4 Å². The molecule has 2 N–H and O–H groups in total. The lowest BCUT2D eigenvalue weighted by Crippen LogP contribution is -2.16. The molecule has 0 radical (unpaired) electrons. The van der Waals surface area contributed by atoms with Crippen molar-refractivity contribution in [3.05, 3.63) is 65.1 Å². The zero-order valence-electron chi connectivity index (χ0n) is 15.6. The molecule has 3 aromatic rings. The summed E-state index contributed by atoms with van der Waals surface area (Å²) in [6.45, 7) is 1.71. The number of amides is 1. The summed E-state index contributed by atoms with van der Waals surface area (Å²) < 4.78 is 10.4. The van der Waals surface area contributed by atoms with Crippen molar-refractivity contribution in [3.63, 3.8) is 0 Å².